The van der Waals surface area contributed by atoms with Crippen LogP contribution in [0.5, 0.6) is 17.2 Å². The van der Waals surface area contributed by atoms with Crippen LogP contribution in [0.2, 0.25) is 0 Å². The molecule has 0 aliphatic carbocycles. The zero-order valence-electron chi connectivity index (χ0n) is 12.6. The molecule has 0 atom stereocenters. The second-order valence-corrected chi connectivity index (χ2v) is 4.47. The Hall–Kier alpha value is -1.95. The van der Waals surface area contributed by atoms with Crippen molar-refractivity contribution in [2.75, 3.05) is 48.5 Å². The molecule has 0 saturated carbocycles. The first-order valence-electron chi connectivity index (χ1n) is 6.26. The van der Waals surface area contributed by atoms with Gasteiger partial charge in [0.1, 0.15) is 5.75 Å². The Kier molecular flexibility index (Phi) is 6.11. The van der Waals surface area contributed by atoms with Gasteiger partial charge in [-0.2, -0.15) is 0 Å². The first kappa shape index (κ1) is 16.1. The molecule has 0 saturated heterocycles. The number of amides is 1. The molecule has 1 amide bonds. The van der Waals surface area contributed by atoms with Crippen molar-refractivity contribution in [3.8, 4) is 17.2 Å². The summed E-state index contributed by atoms with van der Waals surface area (Å²) in [5, 5.41) is 2.84. The summed E-state index contributed by atoms with van der Waals surface area (Å²) in [4.78, 5) is 14.2. The Balaban J connectivity index is 2.94. The predicted octanol–water partition coefficient (Wildman–Crippen LogP) is 1.00. The number of benzene rings is 1. The van der Waals surface area contributed by atoms with Gasteiger partial charge in [0.2, 0.25) is 0 Å². The van der Waals surface area contributed by atoms with E-state index in [4.69, 9.17) is 14.2 Å². The molecule has 0 unspecified atom stereocenters. The highest BCUT2D eigenvalue weighted by atomic mass is 16.5. The third-order valence-electron chi connectivity index (χ3n) is 2.79. The highest BCUT2D eigenvalue weighted by molar-refractivity contribution is 5.97. The van der Waals surface area contributed by atoms with Crippen LogP contribution >= 0.6 is 0 Å². The predicted molar refractivity (Wildman–Crippen MR) is 77.0 cm³/mol. The number of ether oxygens (including phenoxy) is 3. The molecule has 6 heteroatoms. The molecule has 0 radical (unpaired) electrons. The van der Waals surface area contributed by atoms with Crippen LogP contribution < -0.4 is 19.5 Å². The van der Waals surface area contributed by atoms with Crippen LogP contribution in [0.3, 0.4) is 0 Å². The molecular weight excluding hydrogens is 260 g/mol. The first-order chi connectivity index (χ1) is 9.53. The number of nitrogens with one attached hydrogen (secondary N) is 1. The molecule has 0 aliphatic rings. The van der Waals surface area contributed by atoms with Crippen molar-refractivity contribution in [3.63, 3.8) is 0 Å². The first-order valence-corrected chi connectivity index (χ1v) is 6.26. The van der Waals surface area contributed by atoms with Gasteiger partial charge >= 0.3 is 0 Å². The molecule has 1 aromatic carbocycles. The van der Waals surface area contributed by atoms with E-state index in [-0.39, 0.29) is 5.91 Å². The van der Waals surface area contributed by atoms with Gasteiger partial charge in [-0.25, -0.2) is 0 Å². The molecule has 0 spiro atoms. The molecule has 1 N–H and O–H groups in total. The molecule has 0 fully saturated rings. The van der Waals surface area contributed by atoms with Crippen LogP contribution in [0.15, 0.2) is 12.1 Å². The summed E-state index contributed by atoms with van der Waals surface area (Å²) < 4.78 is 15.6. The standard InChI is InChI=1S/C14H22N2O4/c1-16(2)7-6-15-14(17)10-8-12(19-4)13(20-5)9-11(10)18-3/h8-9H,6-7H2,1-5H3,(H,15,17). The van der Waals surface area contributed by atoms with Gasteiger partial charge in [0.15, 0.2) is 11.5 Å². The number of nitrogens with zero attached hydrogens (tertiary/aromatic N) is 1. The maximum absolute atomic E-state index is 12.2. The maximum Gasteiger partial charge on any atom is 0.255 e. The SMILES string of the molecule is COc1cc(OC)c(C(=O)NCCN(C)C)cc1OC. The van der Waals surface area contributed by atoms with Crippen molar-refractivity contribution < 1.29 is 19.0 Å². The number of likely N-dealkylation sites (N-methyl/N-ethyl adjacent to an activating group) is 1. The minimum absolute atomic E-state index is 0.204. The minimum atomic E-state index is -0.204. The largest absolute Gasteiger partial charge is 0.496 e. The Morgan fingerprint density at radius 3 is 2.10 bits per heavy atom. The zero-order chi connectivity index (χ0) is 15.1. The molecule has 0 aromatic heterocycles. The number of methoxy groups -OCH3 is 3. The molecule has 6 nitrogen and oxygen atoms in total. The second-order valence-electron chi connectivity index (χ2n) is 4.47. The van der Waals surface area contributed by atoms with Crippen molar-refractivity contribution in [2.24, 2.45) is 0 Å². The van der Waals surface area contributed by atoms with Crippen molar-refractivity contribution in [3.05, 3.63) is 17.7 Å². The van der Waals surface area contributed by atoms with E-state index in [9.17, 15) is 4.79 Å². The smallest absolute Gasteiger partial charge is 0.255 e. The van der Waals surface area contributed by atoms with Gasteiger partial charge in [0.05, 0.1) is 26.9 Å². The Morgan fingerprint density at radius 2 is 1.60 bits per heavy atom. The van der Waals surface area contributed by atoms with Crippen LogP contribution in [0.4, 0.5) is 0 Å². The molecule has 1 aromatic rings. The monoisotopic (exact) mass is 282 g/mol. The lowest BCUT2D eigenvalue weighted by molar-refractivity contribution is 0.0947. The van der Waals surface area contributed by atoms with E-state index in [1.807, 2.05) is 19.0 Å². The number of hydrogen-bond donors (Lipinski definition) is 1. The zero-order valence-corrected chi connectivity index (χ0v) is 12.6. The average Bonchev–Trinajstić information content (AvgIpc) is 2.45. The van der Waals surface area contributed by atoms with E-state index >= 15 is 0 Å². The Morgan fingerprint density at radius 1 is 1.05 bits per heavy atom. The van der Waals surface area contributed by atoms with E-state index in [0.717, 1.165) is 6.54 Å². The summed E-state index contributed by atoms with van der Waals surface area (Å²) in [7, 11) is 8.47. The minimum Gasteiger partial charge on any atom is -0.496 e. The molecule has 0 aliphatic heterocycles. The fourth-order valence-electron chi connectivity index (χ4n) is 1.69. The number of carbonyl (C=O) groups excluding carboxylic acids is 1. The lowest BCUT2D eigenvalue weighted by Gasteiger charge is -2.15. The van der Waals surface area contributed by atoms with Crippen molar-refractivity contribution in [1.29, 1.82) is 0 Å². The van der Waals surface area contributed by atoms with E-state index in [1.165, 1.54) is 21.3 Å². The van der Waals surface area contributed by atoms with Crippen LogP contribution in [0, 0.1) is 0 Å². The number of carbonyl (C=O) groups is 1. The lowest BCUT2D eigenvalue weighted by Crippen LogP contribution is -2.31. The summed E-state index contributed by atoms with van der Waals surface area (Å²) in [6.07, 6.45) is 0. The fourth-order valence-corrected chi connectivity index (χ4v) is 1.69. The summed E-state index contributed by atoms with van der Waals surface area (Å²) in [6.45, 7) is 1.32. The number of hydrogen-bond acceptors (Lipinski definition) is 5. The van der Waals surface area contributed by atoms with Crippen LogP contribution in [-0.2, 0) is 0 Å². The van der Waals surface area contributed by atoms with Gasteiger partial charge in [0, 0.05) is 25.2 Å². The quantitative estimate of drug-likeness (QED) is 0.808. The Labute approximate surface area is 119 Å². The van der Waals surface area contributed by atoms with Gasteiger partial charge < -0.3 is 24.4 Å². The van der Waals surface area contributed by atoms with E-state index in [1.54, 1.807) is 12.1 Å². The molecule has 1 rings (SSSR count). The van der Waals surface area contributed by atoms with Crippen molar-refractivity contribution in [1.82, 2.24) is 10.2 Å². The van der Waals surface area contributed by atoms with Crippen LogP contribution in [0.1, 0.15) is 10.4 Å². The molecular formula is C14H22N2O4. The summed E-state index contributed by atoms with van der Waals surface area (Å²) >= 11 is 0. The Bertz CT molecular complexity index is 461. The molecule has 112 valence electrons. The summed E-state index contributed by atoms with van der Waals surface area (Å²) in [5.74, 6) is 1.26. The summed E-state index contributed by atoms with van der Waals surface area (Å²) in [5.41, 5.74) is 0.420. The van der Waals surface area contributed by atoms with Crippen LogP contribution in [0.25, 0.3) is 0 Å². The maximum atomic E-state index is 12.2. The third-order valence-corrected chi connectivity index (χ3v) is 2.79. The van der Waals surface area contributed by atoms with Crippen molar-refractivity contribution >= 4 is 5.91 Å². The van der Waals surface area contributed by atoms with E-state index < -0.39 is 0 Å². The highest BCUT2D eigenvalue weighted by Gasteiger charge is 2.17. The molecule has 0 bridgehead atoms. The van der Waals surface area contributed by atoms with Gasteiger partial charge in [-0.1, -0.05) is 0 Å². The fraction of sp³-hybridized carbons (Fsp3) is 0.500. The molecule has 20 heavy (non-hydrogen) atoms. The summed E-state index contributed by atoms with van der Waals surface area (Å²) in [6, 6.07) is 3.25. The second kappa shape index (κ2) is 7.59. The average molecular weight is 282 g/mol. The highest BCUT2D eigenvalue weighted by Crippen LogP contribution is 2.34. The van der Waals surface area contributed by atoms with E-state index in [2.05, 4.69) is 5.32 Å². The topological polar surface area (TPSA) is 60.0 Å². The van der Waals surface area contributed by atoms with Crippen molar-refractivity contribution in [2.45, 2.75) is 0 Å². The third kappa shape index (κ3) is 4.03. The normalized spacial score (nSPS) is 10.3. The van der Waals surface area contributed by atoms with Gasteiger partial charge in [0.25, 0.3) is 5.91 Å². The molecule has 0 heterocycles. The number of rotatable bonds is 7. The van der Waals surface area contributed by atoms with Crippen LogP contribution in [-0.4, -0.2) is 59.3 Å². The lowest BCUT2D eigenvalue weighted by atomic mass is 10.1. The van der Waals surface area contributed by atoms with E-state index in [0.29, 0.717) is 29.4 Å². The van der Waals surface area contributed by atoms with Gasteiger partial charge in [-0.3, -0.25) is 4.79 Å². The van der Waals surface area contributed by atoms with Gasteiger partial charge in [-0.15, -0.1) is 0 Å². The van der Waals surface area contributed by atoms with Gasteiger partial charge in [-0.05, 0) is 14.1 Å².